The maximum absolute atomic E-state index is 12.7. The number of ether oxygens (including phenoxy) is 1. The first-order valence-corrected chi connectivity index (χ1v) is 6.09. The lowest BCUT2D eigenvalue weighted by molar-refractivity contribution is -0.259. The van der Waals surface area contributed by atoms with E-state index in [4.69, 9.17) is 5.11 Å². The normalized spacial score (nSPS) is 14.0. The third-order valence-corrected chi connectivity index (χ3v) is 2.71. The molecule has 1 rings (SSSR count). The van der Waals surface area contributed by atoms with Crippen LogP contribution >= 0.6 is 0 Å². The third-order valence-electron chi connectivity index (χ3n) is 2.71. The number of hydrogen-bond acceptors (Lipinski definition) is 4. The number of carboxylic acids is 1. The summed E-state index contributed by atoms with van der Waals surface area (Å²) in [6.07, 6.45) is -8.00. The van der Waals surface area contributed by atoms with Gasteiger partial charge in [0.1, 0.15) is 6.61 Å². The standard InChI is InChI=1S/C13H14F3NO5/c14-13(15,16)12(21,6-10(18)19)8-17-11(20)22-7-9-4-2-1-3-5-9/h1-5,21H,6-8H2,(H,17,20)(H,18,19). The molecule has 0 aliphatic rings. The van der Waals surface area contributed by atoms with Crippen LogP contribution in [0.1, 0.15) is 12.0 Å². The molecule has 0 aromatic heterocycles. The number of alkyl halides is 3. The number of carbonyl (C=O) groups is 2. The predicted octanol–water partition coefficient (Wildman–Crippen LogP) is 1.68. The van der Waals surface area contributed by atoms with Gasteiger partial charge in [0, 0.05) is 0 Å². The number of hydrogen-bond donors (Lipinski definition) is 3. The fraction of sp³-hybridized carbons (Fsp3) is 0.385. The van der Waals surface area contributed by atoms with E-state index >= 15 is 0 Å². The quantitative estimate of drug-likeness (QED) is 0.741. The zero-order chi connectivity index (χ0) is 16.8. The van der Waals surface area contributed by atoms with Gasteiger partial charge in [-0.25, -0.2) is 4.79 Å². The highest BCUT2D eigenvalue weighted by molar-refractivity contribution is 5.69. The molecular formula is C13H14F3NO5. The van der Waals surface area contributed by atoms with E-state index < -0.39 is 36.8 Å². The van der Waals surface area contributed by atoms with E-state index in [2.05, 4.69) is 4.74 Å². The highest BCUT2D eigenvalue weighted by Gasteiger charge is 2.55. The summed E-state index contributed by atoms with van der Waals surface area (Å²) < 4.78 is 42.6. The van der Waals surface area contributed by atoms with Crippen LogP contribution in [0.2, 0.25) is 0 Å². The van der Waals surface area contributed by atoms with Crippen LogP contribution in [-0.4, -0.2) is 40.6 Å². The van der Waals surface area contributed by atoms with Crippen LogP contribution in [-0.2, 0) is 16.1 Å². The molecule has 1 aromatic rings. The van der Waals surface area contributed by atoms with Crippen molar-refractivity contribution in [2.45, 2.75) is 24.8 Å². The van der Waals surface area contributed by atoms with Crippen LogP contribution in [0.15, 0.2) is 30.3 Å². The average Bonchev–Trinajstić information content (AvgIpc) is 2.42. The topological polar surface area (TPSA) is 95.9 Å². The molecule has 0 saturated heterocycles. The van der Waals surface area contributed by atoms with Gasteiger partial charge in [-0.2, -0.15) is 13.2 Å². The summed E-state index contributed by atoms with van der Waals surface area (Å²) >= 11 is 0. The number of nitrogens with one attached hydrogen (secondary N) is 1. The second-order valence-corrected chi connectivity index (χ2v) is 4.52. The molecule has 1 unspecified atom stereocenters. The molecule has 0 aliphatic heterocycles. The first kappa shape index (κ1) is 17.8. The fourth-order valence-corrected chi connectivity index (χ4v) is 1.51. The third kappa shape index (κ3) is 5.24. The molecule has 1 atom stereocenters. The minimum absolute atomic E-state index is 0.171. The van der Waals surface area contributed by atoms with Gasteiger partial charge >= 0.3 is 18.2 Å². The Labute approximate surface area is 123 Å². The Balaban J connectivity index is 2.54. The molecule has 9 heteroatoms. The van der Waals surface area contributed by atoms with Crippen molar-refractivity contribution >= 4 is 12.1 Å². The Morgan fingerprint density at radius 3 is 2.27 bits per heavy atom. The van der Waals surface area contributed by atoms with Crippen molar-refractivity contribution in [3.8, 4) is 0 Å². The van der Waals surface area contributed by atoms with E-state index in [1.807, 2.05) is 0 Å². The van der Waals surface area contributed by atoms with Crippen molar-refractivity contribution in [1.82, 2.24) is 5.32 Å². The Kier molecular flexibility index (Phi) is 5.75. The van der Waals surface area contributed by atoms with Gasteiger partial charge in [0.05, 0.1) is 13.0 Å². The highest BCUT2D eigenvalue weighted by Crippen LogP contribution is 2.32. The van der Waals surface area contributed by atoms with Gasteiger partial charge in [0.15, 0.2) is 5.60 Å². The number of halogens is 3. The van der Waals surface area contributed by atoms with Gasteiger partial charge in [-0.1, -0.05) is 30.3 Å². The minimum Gasteiger partial charge on any atom is -0.481 e. The maximum atomic E-state index is 12.7. The number of carbonyl (C=O) groups excluding carboxylic acids is 1. The molecule has 122 valence electrons. The highest BCUT2D eigenvalue weighted by atomic mass is 19.4. The number of aliphatic carboxylic acids is 1. The number of aliphatic hydroxyl groups is 1. The number of alkyl carbamates (subject to hydrolysis) is 1. The number of benzene rings is 1. The molecular weight excluding hydrogens is 307 g/mol. The zero-order valence-corrected chi connectivity index (χ0v) is 11.3. The van der Waals surface area contributed by atoms with Gasteiger partial charge in [-0.05, 0) is 5.56 Å². The summed E-state index contributed by atoms with van der Waals surface area (Å²) in [5.41, 5.74) is -2.95. The van der Waals surface area contributed by atoms with E-state index in [1.54, 1.807) is 35.6 Å². The molecule has 0 spiro atoms. The van der Waals surface area contributed by atoms with E-state index in [9.17, 15) is 27.9 Å². The monoisotopic (exact) mass is 321 g/mol. The van der Waals surface area contributed by atoms with Crippen molar-refractivity contribution in [3.05, 3.63) is 35.9 Å². The second-order valence-electron chi connectivity index (χ2n) is 4.52. The van der Waals surface area contributed by atoms with Crippen molar-refractivity contribution in [1.29, 1.82) is 0 Å². The number of rotatable bonds is 6. The van der Waals surface area contributed by atoms with E-state index in [1.165, 1.54) is 0 Å². The van der Waals surface area contributed by atoms with Gasteiger partial charge in [0.25, 0.3) is 0 Å². The van der Waals surface area contributed by atoms with Gasteiger partial charge < -0.3 is 20.3 Å². The largest absolute Gasteiger partial charge is 0.481 e. The smallest absolute Gasteiger partial charge is 0.419 e. The lowest BCUT2D eigenvalue weighted by atomic mass is 9.99. The van der Waals surface area contributed by atoms with Crippen LogP contribution < -0.4 is 5.32 Å². The Morgan fingerprint density at radius 2 is 1.77 bits per heavy atom. The van der Waals surface area contributed by atoms with Gasteiger partial charge in [-0.15, -0.1) is 0 Å². The molecule has 1 amide bonds. The van der Waals surface area contributed by atoms with Gasteiger partial charge in [-0.3, -0.25) is 4.79 Å². The second kappa shape index (κ2) is 7.12. The van der Waals surface area contributed by atoms with Crippen LogP contribution in [0.25, 0.3) is 0 Å². The molecule has 0 radical (unpaired) electrons. The van der Waals surface area contributed by atoms with Gasteiger partial charge in [0.2, 0.25) is 0 Å². The van der Waals surface area contributed by atoms with Crippen molar-refractivity contribution in [2.75, 3.05) is 6.54 Å². The molecule has 1 aromatic carbocycles. The maximum Gasteiger partial charge on any atom is 0.419 e. The van der Waals surface area contributed by atoms with E-state index in [-0.39, 0.29) is 6.61 Å². The van der Waals surface area contributed by atoms with Crippen molar-refractivity contribution < 1.29 is 37.7 Å². The number of amides is 1. The van der Waals surface area contributed by atoms with Crippen LogP contribution in [0.5, 0.6) is 0 Å². The Hall–Kier alpha value is -2.29. The van der Waals surface area contributed by atoms with E-state index in [0.717, 1.165) is 0 Å². The molecule has 0 heterocycles. The molecule has 0 aliphatic carbocycles. The molecule has 0 saturated carbocycles. The minimum atomic E-state index is -5.21. The predicted molar refractivity (Wildman–Crippen MR) is 67.9 cm³/mol. The van der Waals surface area contributed by atoms with Crippen molar-refractivity contribution in [2.24, 2.45) is 0 Å². The first-order chi connectivity index (χ1) is 10.1. The van der Waals surface area contributed by atoms with Crippen LogP contribution in [0.4, 0.5) is 18.0 Å². The molecule has 0 bridgehead atoms. The van der Waals surface area contributed by atoms with Crippen molar-refractivity contribution in [3.63, 3.8) is 0 Å². The summed E-state index contributed by atoms with van der Waals surface area (Å²) in [5, 5.41) is 19.5. The molecule has 6 nitrogen and oxygen atoms in total. The summed E-state index contributed by atoms with van der Waals surface area (Å²) in [6.45, 7) is -1.49. The van der Waals surface area contributed by atoms with Crippen LogP contribution in [0, 0.1) is 0 Å². The summed E-state index contributed by atoms with van der Waals surface area (Å²) in [4.78, 5) is 21.7. The van der Waals surface area contributed by atoms with E-state index in [0.29, 0.717) is 5.56 Å². The average molecular weight is 321 g/mol. The summed E-state index contributed by atoms with van der Waals surface area (Å²) in [5.74, 6) is -1.85. The Bertz CT molecular complexity index is 520. The van der Waals surface area contributed by atoms with Crippen LogP contribution in [0.3, 0.4) is 0 Å². The SMILES string of the molecule is O=C(O)CC(O)(CNC(=O)OCc1ccccc1)C(F)(F)F. The summed E-state index contributed by atoms with van der Waals surface area (Å²) in [6, 6.07) is 8.39. The zero-order valence-electron chi connectivity index (χ0n) is 11.3. The summed E-state index contributed by atoms with van der Waals surface area (Å²) in [7, 11) is 0. The first-order valence-electron chi connectivity index (χ1n) is 6.09. The number of carboxylic acid groups (broad SMARTS) is 1. The lowest BCUT2D eigenvalue weighted by Crippen LogP contribution is -2.54. The lowest BCUT2D eigenvalue weighted by Gasteiger charge is -2.28. The molecule has 0 fully saturated rings. The Morgan fingerprint density at radius 1 is 1.18 bits per heavy atom. The fourth-order valence-electron chi connectivity index (χ4n) is 1.51. The molecule has 22 heavy (non-hydrogen) atoms. The molecule has 3 N–H and O–H groups in total.